The summed E-state index contributed by atoms with van der Waals surface area (Å²) in [6.45, 7) is 5.99. The molecule has 0 radical (unpaired) electrons. The fourth-order valence-corrected chi connectivity index (χ4v) is 4.92. The van der Waals surface area contributed by atoms with Crippen molar-refractivity contribution in [3.63, 3.8) is 0 Å². The number of hydrogen-bond acceptors (Lipinski definition) is 2. The van der Waals surface area contributed by atoms with Crippen LogP contribution in [0.2, 0.25) is 0 Å². The second kappa shape index (κ2) is 8.63. The summed E-state index contributed by atoms with van der Waals surface area (Å²) in [5.41, 5.74) is 2.92. The highest BCUT2D eigenvalue weighted by molar-refractivity contribution is 5.86. The molecule has 1 N–H and O–H groups in total. The molecular weight excluding hydrogens is 372 g/mol. The van der Waals surface area contributed by atoms with Crippen LogP contribution in [0.1, 0.15) is 38.7 Å². The van der Waals surface area contributed by atoms with Crippen LogP contribution in [0.25, 0.3) is 11.1 Å². The van der Waals surface area contributed by atoms with Crippen LogP contribution in [0, 0.1) is 17.3 Å². The van der Waals surface area contributed by atoms with Crippen LogP contribution in [-0.4, -0.2) is 36.3 Å². The Kier molecular flexibility index (Phi) is 5.94. The van der Waals surface area contributed by atoms with E-state index in [1.165, 1.54) is 11.1 Å². The first kappa shape index (κ1) is 20.6. The molecule has 0 bridgehead atoms. The van der Waals surface area contributed by atoms with Crippen molar-refractivity contribution in [2.24, 2.45) is 17.3 Å². The van der Waals surface area contributed by atoms with E-state index >= 15 is 0 Å². The van der Waals surface area contributed by atoms with Gasteiger partial charge < -0.3 is 10.2 Å². The zero-order valence-corrected chi connectivity index (χ0v) is 18.1. The summed E-state index contributed by atoms with van der Waals surface area (Å²) in [4.78, 5) is 28.3. The summed E-state index contributed by atoms with van der Waals surface area (Å²) >= 11 is 0. The SMILES string of the molecule is CCNC(=O)[C@]1(Cc2ccccc2-c2ccccc2)CCCN(C(=O)[C@H]2C[C@@H]2C)C1. The van der Waals surface area contributed by atoms with E-state index in [0.29, 0.717) is 25.4 Å². The van der Waals surface area contributed by atoms with Gasteiger partial charge in [-0.05, 0) is 55.2 Å². The average molecular weight is 405 g/mol. The van der Waals surface area contributed by atoms with Crippen molar-refractivity contribution in [1.29, 1.82) is 0 Å². The van der Waals surface area contributed by atoms with E-state index in [1.54, 1.807) is 0 Å². The standard InChI is InChI=1S/C26H32N2O2/c1-3-27-25(30)26(14-9-15-28(18-26)24(29)23-16-19(23)2)17-21-12-7-8-13-22(21)20-10-5-4-6-11-20/h4-8,10-13,19,23H,3,9,14-18H2,1-2H3,(H,27,30)/t19-,23-,26-/m0/s1. The number of carbonyl (C=O) groups is 2. The van der Waals surface area contributed by atoms with Gasteiger partial charge in [0.05, 0.1) is 5.41 Å². The van der Waals surface area contributed by atoms with Crippen LogP contribution >= 0.6 is 0 Å². The fourth-order valence-electron chi connectivity index (χ4n) is 4.92. The molecule has 0 aromatic heterocycles. The number of likely N-dealkylation sites (tertiary alicyclic amines) is 1. The Balaban J connectivity index is 1.65. The number of rotatable bonds is 6. The average Bonchev–Trinajstić information content (AvgIpc) is 3.51. The molecule has 4 heteroatoms. The Bertz CT molecular complexity index is 910. The highest BCUT2D eigenvalue weighted by Gasteiger charge is 2.47. The molecule has 3 atom stereocenters. The molecule has 1 saturated heterocycles. The number of nitrogens with zero attached hydrogens (tertiary/aromatic N) is 1. The van der Waals surface area contributed by atoms with Gasteiger partial charge in [0, 0.05) is 25.6 Å². The predicted octanol–water partition coefficient (Wildman–Crippen LogP) is 4.30. The van der Waals surface area contributed by atoms with Crippen LogP contribution in [0.3, 0.4) is 0 Å². The smallest absolute Gasteiger partial charge is 0.228 e. The van der Waals surface area contributed by atoms with Crippen LogP contribution in [0.4, 0.5) is 0 Å². The fraction of sp³-hybridized carbons (Fsp3) is 0.462. The molecule has 1 aliphatic heterocycles. The van der Waals surface area contributed by atoms with Gasteiger partial charge in [-0.3, -0.25) is 9.59 Å². The molecule has 0 spiro atoms. The zero-order chi connectivity index (χ0) is 21.1. The number of nitrogens with one attached hydrogen (secondary N) is 1. The van der Waals surface area contributed by atoms with Crippen LogP contribution < -0.4 is 5.32 Å². The van der Waals surface area contributed by atoms with Gasteiger partial charge in [-0.1, -0.05) is 61.5 Å². The molecule has 2 aliphatic rings. The third-order valence-corrected chi connectivity index (χ3v) is 6.77. The molecule has 2 amide bonds. The largest absolute Gasteiger partial charge is 0.356 e. The molecule has 1 aliphatic carbocycles. The van der Waals surface area contributed by atoms with Crippen LogP contribution in [-0.2, 0) is 16.0 Å². The minimum absolute atomic E-state index is 0.0780. The lowest BCUT2D eigenvalue weighted by Gasteiger charge is -2.42. The van der Waals surface area contributed by atoms with Gasteiger partial charge in [-0.25, -0.2) is 0 Å². The summed E-state index contributed by atoms with van der Waals surface area (Å²) in [5.74, 6) is 0.963. The zero-order valence-electron chi connectivity index (χ0n) is 18.1. The maximum atomic E-state index is 13.3. The molecule has 2 aromatic rings. The van der Waals surface area contributed by atoms with E-state index in [1.807, 2.05) is 36.1 Å². The Morgan fingerprint density at radius 2 is 1.80 bits per heavy atom. The van der Waals surface area contributed by atoms with Crippen molar-refractivity contribution in [2.75, 3.05) is 19.6 Å². The summed E-state index contributed by atoms with van der Waals surface area (Å²) in [6.07, 6.45) is 3.32. The van der Waals surface area contributed by atoms with Gasteiger partial charge in [0.15, 0.2) is 0 Å². The topological polar surface area (TPSA) is 49.4 Å². The second-order valence-electron chi connectivity index (χ2n) is 9.02. The van der Waals surface area contributed by atoms with Crippen molar-refractivity contribution < 1.29 is 9.59 Å². The van der Waals surface area contributed by atoms with Gasteiger partial charge in [0.1, 0.15) is 0 Å². The first-order chi connectivity index (χ1) is 14.5. The Morgan fingerprint density at radius 1 is 1.10 bits per heavy atom. The van der Waals surface area contributed by atoms with E-state index in [4.69, 9.17) is 0 Å². The quantitative estimate of drug-likeness (QED) is 0.780. The van der Waals surface area contributed by atoms with Gasteiger partial charge in [-0.15, -0.1) is 0 Å². The first-order valence-corrected chi connectivity index (χ1v) is 11.2. The van der Waals surface area contributed by atoms with Crippen molar-refractivity contribution >= 4 is 11.8 Å². The molecule has 1 saturated carbocycles. The minimum Gasteiger partial charge on any atom is -0.356 e. The normalized spacial score (nSPS) is 25.6. The van der Waals surface area contributed by atoms with Crippen molar-refractivity contribution in [1.82, 2.24) is 10.2 Å². The molecule has 1 heterocycles. The van der Waals surface area contributed by atoms with E-state index in [9.17, 15) is 9.59 Å². The van der Waals surface area contributed by atoms with E-state index in [0.717, 1.165) is 31.4 Å². The molecule has 30 heavy (non-hydrogen) atoms. The molecule has 4 nitrogen and oxygen atoms in total. The number of amides is 2. The third-order valence-electron chi connectivity index (χ3n) is 6.77. The monoisotopic (exact) mass is 404 g/mol. The lowest BCUT2D eigenvalue weighted by atomic mass is 9.73. The van der Waals surface area contributed by atoms with E-state index in [-0.39, 0.29) is 17.7 Å². The lowest BCUT2D eigenvalue weighted by molar-refractivity contribution is -0.142. The Hall–Kier alpha value is -2.62. The maximum Gasteiger partial charge on any atom is 0.228 e. The molecule has 2 aromatic carbocycles. The summed E-state index contributed by atoms with van der Waals surface area (Å²) < 4.78 is 0. The predicted molar refractivity (Wildman–Crippen MR) is 120 cm³/mol. The summed E-state index contributed by atoms with van der Waals surface area (Å²) in [5, 5.41) is 3.07. The number of piperidine rings is 1. The Morgan fingerprint density at radius 3 is 2.50 bits per heavy atom. The van der Waals surface area contributed by atoms with Crippen molar-refractivity contribution in [3.05, 3.63) is 60.2 Å². The summed E-state index contributed by atoms with van der Waals surface area (Å²) in [7, 11) is 0. The van der Waals surface area contributed by atoms with Gasteiger partial charge in [0.2, 0.25) is 11.8 Å². The highest BCUT2D eigenvalue weighted by atomic mass is 16.2. The van der Waals surface area contributed by atoms with E-state index in [2.05, 4.69) is 42.6 Å². The van der Waals surface area contributed by atoms with Crippen molar-refractivity contribution in [3.8, 4) is 11.1 Å². The van der Waals surface area contributed by atoms with Gasteiger partial charge in [0.25, 0.3) is 0 Å². The minimum atomic E-state index is -0.576. The number of hydrogen-bond donors (Lipinski definition) is 1. The highest BCUT2D eigenvalue weighted by Crippen LogP contribution is 2.42. The molecular formula is C26H32N2O2. The number of benzene rings is 2. The molecule has 0 unspecified atom stereocenters. The second-order valence-corrected chi connectivity index (χ2v) is 9.02. The summed E-state index contributed by atoms with van der Waals surface area (Å²) in [6, 6.07) is 18.7. The molecule has 158 valence electrons. The van der Waals surface area contributed by atoms with Gasteiger partial charge in [-0.2, -0.15) is 0 Å². The third kappa shape index (κ3) is 4.14. The number of carbonyl (C=O) groups excluding carboxylic acids is 2. The lowest BCUT2D eigenvalue weighted by Crippen LogP contribution is -2.54. The molecule has 2 fully saturated rings. The van der Waals surface area contributed by atoms with Gasteiger partial charge >= 0.3 is 0 Å². The Labute approximate surface area is 179 Å². The van der Waals surface area contributed by atoms with Crippen LogP contribution in [0.15, 0.2) is 54.6 Å². The molecule has 4 rings (SSSR count). The van der Waals surface area contributed by atoms with Crippen LogP contribution in [0.5, 0.6) is 0 Å². The first-order valence-electron chi connectivity index (χ1n) is 11.2. The van der Waals surface area contributed by atoms with Crippen molar-refractivity contribution in [2.45, 2.75) is 39.5 Å². The maximum absolute atomic E-state index is 13.3. The van der Waals surface area contributed by atoms with E-state index < -0.39 is 5.41 Å².